The van der Waals surface area contributed by atoms with Gasteiger partial charge in [-0.3, -0.25) is 9.69 Å². The van der Waals surface area contributed by atoms with E-state index >= 15 is 0 Å². The van der Waals surface area contributed by atoms with Crippen molar-refractivity contribution in [2.45, 2.75) is 18.2 Å². The predicted molar refractivity (Wildman–Crippen MR) is 93.6 cm³/mol. The van der Waals surface area contributed by atoms with Gasteiger partial charge in [-0.2, -0.15) is 0 Å². The molecule has 3 atom stereocenters. The number of nitrogens with one attached hydrogen (secondary N) is 1. The number of carbonyl (C=O) groups excluding carboxylic acids is 1. The molecule has 0 aromatic heterocycles. The lowest BCUT2D eigenvalue weighted by molar-refractivity contribution is -0.124. The van der Waals surface area contributed by atoms with E-state index in [0.29, 0.717) is 18.9 Å². The maximum atomic E-state index is 12.0. The molecule has 1 amide bonds. The molecular weight excluding hydrogens is 322 g/mol. The van der Waals surface area contributed by atoms with E-state index in [1.165, 1.54) is 0 Å². The normalized spacial score (nSPS) is 28.0. The molecule has 2 saturated heterocycles. The van der Waals surface area contributed by atoms with E-state index in [1.807, 2.05) is 18.2 Å². The van der Waals surface area contributed by atoms with Crippen molar-refractivity contribution in [3.8, 4) is 5.75 Å². The topological polar surface area (TPSA) is 74.3 Å². The summed E-state index contributed by atoms with van der Waals surface area (Å²) in [5.41, 5.74) is 0. The minimum absolute atomic E-state index is 0.0731. The molecule has 138 valence electrons. The number of nitrogens with zero attached hydrogens (tertiary/aromatic N) is 2. The minimum Gasteiger partial charge on any atom is -0.484 e. The van der Waals surface area contributed by atoms with Gasteiger partial charge >= 0.3 is 0 Å². The van der Waals surface area contributed by atoms with Gasteiger partial charge in [0, 0.05) is 32.7 Å². The Morgan fingerprint density at radius 3 is 2.72 bits per heavy atom. The van der Waals surface area contributed by atoms with E-state index < -0.39 is 6.10 Å². The average molecular weight is 349 g/mol. The molecule has 25 heavy (non-hydrogen) atoms. The van der Waals surface area contributed by atoms with Crippen molar-refractivity contribution in [3.05, 3.63) is 30.3 Å². The van der Waals surface area contributed by atoms with Crippen molar-refractivity contribution < 1.29 is 19.4 Å². The molecule has 3 unspecified atom stereocenters. The molecule has 2 N–H and O–H groups in total. The Morgan fingerprint density at radius 1 is 1.28 bits per heavy atom. The summed E-state index contributed by atoms with van der Waals surface area (Å²) < 4.78 is 11.1. The lowest BCUT2D eigenvalue weighted by Crippen LogP contribution is -2.51. The zero-order valence-electron chi connectivity index (χ0n) is 14.6. The first-order chi connectivity index (χ1) is 12.1. The molecule has 0 radical (unpaired) electrons. The second kappa shape index (κ2) is 8.62. The lowest BCUT2D eigenvalue weighted by atomic mass is 10.1. The van der Waals surface area contributed by atoms with Crippen LogP contribution in [-0.4, -0.2) is 92.0 Å². The summed E-state index contributed by atoms with van der Waals surface area (Å²) in [7, 11) is 2.11. The maximum absolute atomic E-state index is 12.0. The summed E-state index contributed by atoms with van der Waals surface area (Å²) in [6.07, 6.45) is -0.955. The second-order valence-corrected chi connectivity index (χ2v) is 6.74. The van der Waals surface area contributed by atoms with Gasteiger partial charge < -0.3 is 24.8 Å². The van der Waals surface area contributed by atoms with Crippen LogP contribution in [0.4, 0.5) is 0 Å². The van der Waals surface area contributed by atoms with Gasteiger partial charge in [0.2, 0.25) is 0 Å². The molecule has 0 spiro atoms. The van der Waals surface area contributed by atoms with Gasteiger partial charge in [-0.25, -0.2) is 0 Å². The SMILES string of the molecule is CN1CCN(CC2OCC(NC(=O)COc3ccccc3)C2O)CC1. The van der Waals surface area contributed by atoms with Crippen LogP contribution in [0.1, 0.15) is 0 Å². The highest BCUT2D eigenvalue weighted by Gasteiger charge is 2.37. The van der Waals surface area contributed by atoms with E-state index in [4.69, 9.17) is 9.47 Å². The Hall–Kier alpha value is -1.67. The molecule has 2 aliphatic heterocycles. The Morgan fingerprint density at radius 2 is 2.00 bits per heavy atom. The van der Waals surface area contributed by atoms with Crippen LogP contribution in [0.3, 0.4) is 0 Å². The van der Waals surface area contributed by atoms with E-state index in [1.54, 1.807) is 12.1 Å². The number of hydrogen-bond acceptors (Lipinski definition) is 6. The fourth-order valence-electron chi connectivity index (χ4n) is 3.17. The van der Waals surface area contributed by atoms with Crippen LogP contribution in [0.15, 0.2) is 30.3 Å². The van der Waals surface area contributed by atoms with E-state index in [0.717, 1.165) is 26.2 Å². The molecule has 2 aliphatic rings. The number of hydrogen-bond donors (Lipinski definition) is 2. The standard InChI is InChI=1S/C18H27N3O4/c1-20-7-9-21(10-8-20)11-16-18(23)15(12-25-16)19-17(22)13-24-14-5-3-2-4-6-14/h2-6,15-16,18,23H,7-13H2,1H3,(H,19,22). The number of likely N-dealkylation sites (N-methyl/N-ethyl adjacent to an activating group) is 1. The number of amides is 1. The number of aliphatic hydroxyl groups is 1. The monoisotopic (exact) mass is 349 g/mol. The Bertz CT molecular complexity index is 549. The van der Waals surface area contributed by atoms with Crippen LogP contribution >= 0.6 is 0 Å². The predicted octanol–water partition coefficient (Wildman–Crippen LogP) is -0.443. The van der Waals surface area contributed by atoms with Crippen LogP contribution in [0.25, 0.3) is 0 Å². The second-order valence-electron chi connectivity index (χ2n) is 6.74. The number of ether oxygens (including phenoxy) is 2. The number of piperazine rings is 1. The van der Waals surface area contributed by atoms with Crippen molar-refractivity contribution in [2.75, 3.05) is 53.0 Å². The number of para-hydroxylation sites is 1. The molecule has 7 heteroatoms. The zero-order valence-corrected chi connectivity index (χ0v) is 14.6. The first-order valence-electron chi connectivity index (χ1n) is 8.79. The van der Waals surface area contributed by atoms with Gasteiger partial charge in [0.1, 0.15) is 11.9 Å². The van der Waals surface area contributed by atoms with Crippen molar-refractivity contribution in [3.63, 3.8) is 0 Å². The Balaban J connectivity index is 1.40. The minimum atomic E-state index is -0.694. The van der Waals surface area contributed by atoms with E-state index in [2.05, 4.69) is 22.2 Å². The average Bonchev–Trinajstić information content (AvgIpc) is 2.96. The first-order valence-corrected chi connectivity index (χ1v) is 8.79. The molecule has 0 bridgehead atoms. The Kier molecular flexibility index (Phi) is 6.25. The molecule has 0 saturated carbocycles. The Labute approximate surface area is 148 Å². The molecular formula is C18H27N3O4. The quantitative estimate of drug-likeness (QED) is 0.725. The number of rotatable bonds is 6. The molecule has 3 rings (SSSR count). The van der Waals surface area contributed by atoms with Crippen LogP contribution in [0.5, 0.6) is 5.75 Å². The molecule has 7 nitrogen and oxygen atoms in total. The summed E-state index contributed by atoms with van der Waals surface area (Å²) in [6.45, 7) is 4.96. The largest absolute Gasteiger partial charge is 0.484 e. The molecule has 2 fully saturated rings. The maximum Gasteiger partial charge on any atom is 0.258 e. The van der Waals surface area contributed by atoms with Gasteiger partial charge in [0.05, 0.1) is 18.8 Å². The van der Waals surface area contributed by atoms with Gasteiger partial charge in [-0.05, 0) is 19.2 Å². The number of aliphatic hydroxyl groups excluding tert-OH is 1. The summed E-state index contributed by atoms with van der Waals surface area (Å²) in [5.74, 6) is 0.394. The van der Waals surface area contributed by atoms with Crippen LogP contribution in [0.2, 0.25) is 0 Å². The third-order valence-corrected chi connectivity index (χ3v) is 4.78. The summed E-state index contributed by atoms with van der Waals surface area (Å²) in [5, 5.41) is 13.3. The van der Waals surface area contributed by atoms with Crippen molar-refractivity contribution in [2.24, 2.45) is 0 Å². The number of benzene rings is 1. The first kappa shape index (κ1) is 18.1. The smallest absolute Gasteiger partial charge is 0.258 e. The molecule has 2 heterocycles. The van der Waals surface area contributed by atoms with Crippen molar-refractivity contribution in [1.82, 2.24) is 15.1 Å². The van der Waals surface area contributed by atoms with Gasteiger partial charge in [-0.1, -0.05) is 18.2 Å². The van der Waals surface area contributed by atoms with Gasteiger partial charge in [0.15, 0.2) is 6.61 Å². The summed E-state index contributed by atoms with van der Waals surface area (Å²) >= 11 is 0. The lowest BCUT2D eigenvalue weighted by Gasteiger charge is -2.34. The highest BCUT2D eigenvalue weighted by molar-refractivity contribution is 5.78. The van der Waals surface area contributed by atoms with Gasteiger partial charge in [0.25, 0.3) is 5.91 Å². The fourth-order valence-corrected chi connectivity index (χ4v) is 3.17. The van der Waals surface area contributed by atoms with Crippen LogP contribution < -0.4 is 10.1 Å². The van der Waals surface area contributed by atoms with Crippen LogP contribution in [-0.2, 0) is 9.53 Å². The third-order valence-electron chi connectivity index (χ3n) is 4.78. The van der Waals surface area contributed by atoms with E-state index in [9.17, 15) is 9.90 Å². The van der Waals surface area contributed by atoms with E-state index in [-0.39, 0.29) is 24.7 Å². The molecule has 0 aliphatic carbocycles. The zero-order chi connectivity index (χ0) is 17.6. The van der Waals surface area contributed by atoms with Crippen LogP contribution in [0, 0.1) is 0 Å². The summed E-state index contributed by atoms with van der Waals surface area (Å²) in [4.78, 5) is 16.6. The van der Waals surface area contributed by atoms with Crippen molar-refractivity contribution >= 4 is 5.91 Å². The highest BCUT2D eigenvalue weighted by Crippen LogP contribution is 2.17. The fraction of sp³-hybridized carbons (Fsp3) is 0.611. The summed E-state index contributed by atoms with van der Waals surface area (Å²) in [6, 6.07) is 8.80. The highest BCUT2D eigenvalue weighted by atomic mass is 16.5. The van der Waals surface area contributed by atoms with Gasteiger partial charge in [-0.15, -0.1) is 0 Å². The number of carbonyl (C=O) groups is 1. The third kappa shape index (κ3) is 5.15. The molecule has 1 aromatic rings. The molecule has 1 aromatic carbocycles. The van der Waals surface area contributed by atoms with Crippen molar-refractivity contribution in [1.29, 1.82) is 0 Å².